The molecular formula is C10H11N5O2. The summed E-state index contributed by atoms with van der Waals surface area (Å²) in [6, 6.07) is 4.82. The molecule has 0 atom stereocenters. The van der Waals surface area contributed by atoms with Crippen molar-refractivity contribution in [1.29, 1.82) is 0 Å². The zero-order valence-corrected chi connectivity index (χ0v) is 9.10. The van der Waals surface area contributed by atoms with Crippen LogP contribution >= 0.6 is 0 Å². The first-order chi connectivity index (χ1) is 8.19. The number of anilines is 2. The third kappa shape index (κ3) is 2.58. The monoisotopic (exact) mass is 233 g/mol. The van der Waals surface area contributed by atoms with Gasteiger partial charge in [0.1, 0.15) is 5.82 Å². The van der Waals surface area contributed by atoms with Crippen molar-refractivity contribution in [2.45, 2.75) is 6.92 Å². The highest BCUT2D eigenvalue weighted by atomic mass is 16.5. The Hall–Kier alpha value is -2.41. The standard InChI is InChI=1S/C10H11N5O2/c1-6-4-9(17-15-6)13-10(16)7-2-3-8(14-11)12-5-7/h2-5H,11H2,1H3,(H,12,14)(H,13,16). The van der Waals surface area contributed by atoms with E-state index in [9.17, 15) is 4.79 Å². The molecule has 88 valence electrons. The average Bonchev–Trinajstić information content (AvgIpc) is 2.75. The number of nitrogens with zero attached hydrogens (tertiary/aromatic N) is 2. The molecule has 7 heteroatoms. The number of rotatable bonds is 3. The fourth-order valence-electron chi connectivity index (χ4n) is 1.22. The van der Waals surface area contributed by atoms with Crippen LogP contribution in [0.15, 0.2) is 28.9 Å². The number of aromatic nitrogens is 2. The van der Waals surface area contributed by atoms with Gasteiger partial charge in [0.25, 0.3) is 5.91 Å². The molecule has 0 spiro atoms. The third-order valence-corrected chi connectivity index (χ3v) is 2.04. The lowest BCUT2D eigenvalue weighted by Crippen LogP contribution is -2.13. The summed E-state index contributed by atoms with van der Waals surface area (Å²) in [5, 5.41) is 6.22. The van der Waals surface area contributed by atoms with E-state index in [1.54, 1.807) is 25.1 Å². The number of carbonyl (C=O) groups is 1. The van der Waals surface area contributed by atoms with Gasteiger partial charge in [-0.3, -0.25) is 10.1 Å². The van der Waals surface area contributed by atoms with E-state index in [0.29, 0.717) is 23.0 Å². The molecular weight excluding hydrogens is 222 g/mol. The van der Waals surface area contributed by atoms with Gasteiger partial charge in [-0.15, -0.1) is 0 Å². The molecule has 0 aromatic carbocycles. The van der Waals surface area contributed by atoms with Crippen molar-refractivity contribution in [2.24, 2.45) is 5.84 Å². The van der Waals surface area contributed by atoms with Crippen molar-refractivity contribution >= 4 is 17.6 Å². The SMILES string of the molecule is Cc1cc(NC(=O)c2ccc(NN)nc2)on1. The van der Waals surface area contributed by atoms with E-state index in [-0.39, 0.29) is 5.91 Å². The van der Waals surface area contributed by atoms with Crippen LogP contribution in [0.1, 0.15) is 16.1 Å². The second kappa shape index (κ2) is 4.62. The molecule has 2 aromatic rings. The Morgan fingerprint density at radius 3 is 2.82 bits per heavy atom. The summed E-state index contributed by atoms with van der Waals surface area (Å²) in [4.78, 5) is 15.7. The zero-order chi connectivity index (χ0) is 12.3. The smallest absolute Gasteiger partial charge is 0.259 e. The number of aryl methyl sites for hydroxylation is 1. The minimum absolute atomic E-state index is 0.300. The predicted octanol–water partition coefficient (Wildman–Crippen LogP) is 0.916. The number of hydrogen-bond donors (Lipinski definition) is 3. The van der Waals surface area contributed by atoms with Crippen LogP contribution in [-0.4, -0.2) is 16.0 Å². The molecule has 0 saturated carbocycles. The molecule has 0 aliphatic carbocycles. The molecule has 1 amide bonds. The molecule has 0 radical (unpaired) electrons. The fraction of sp³-hybridized carbons (Fsp3) is 0.100. The third-order valence-electron chi connectivity index (χ3n) is 2.04. The van der Waals surface area contributed by atoms with E-state index in [1.807, 2.05) is 0 Å². The summed E-state index contributed by atoms with van der Waals surface area (Å²) < 4.78 is 4.87. The van der Waals surface area contributed by atoms with Gasteiger partial charge in [0.05, 0.1) is 11.3 Å². The van der Waals surface area contributed by atoms with Gasteiger partial charge in [-0.25, -0.2) is 10.8 Å². The van der Waals surface area contributed by atoms with Gasteiger partial charge >= 0.3 is 0 Å². The molecule has 17 heavy (non-hydrogen) atoms. The minimum Gasteiger partial charge on any atom is -0.338 e. The Balaban J connectivity index is 2.09. The molecule has 0 unspecified atom stereocenters. The number of carbonyl (C=O) groups excluding carboxylic acids is 1. The summed E-state index contributed by atoms with van der Waals surface area (Å²) in [5.74, 6) is 5.63. The van der Waals surface area contributed by atoms with Crippen LogP contribution in [0.2, 0.25) is 0 Å². The summed E-state index contributed by atoms with van der Waals surface area (Å²) in [7, 11) is 0. The average molecular weight is 233 g/mol. The highest BCUT2D eigenvalue weighted by molar-refractivity contribution is 6.03. The molecule has 0 aliphatic rings. The van der Waals surface area contributed by atoms with Crippen molar-refractivity contribution < 1.29 is 9.32 Å². The predicted molar refractivity (Wildman–Crippen MR) is 61.2 cm³/mol. The first-order valence-corrected chi connectivity index (χ1v) is 4.86. The Bertz CT molecular complexity index is 520. The van der Waals surface area contributed by atoms with Crippen LogP contribution in [0.3, 0.4) is 0 Å². The zero-order valence-electron chi connectivity index (χ0n) is 9.10. The largest absolute Gasteiger partial charge is 0.338 e. The number of nitrogens with two attached hydrogens (primary N) is 1. The number of amides is 1. The number of hydrazine groups is 1. The van der Waals surface area contributed by atoms with E-state index < -0.39 is 0 Å². The van der Waals surface area contributed by atoms with E-state index in [1.165, 1.54) is 6.20 Å². The maximum atomic E-state index is 11.7. The number of nitrogens with one attached hydrogen (secondary N) is 2. The summed E-state index contributed by atoms with van der Waals surface area (Å²) in [6.07, 6.45) is 1.41. The van der Waals surface area contributed by atoms with Crippen molar-refractivity contribution in [3.05, 3.63) is 35.7 Å². The van der Waals surface area contributed by atoms with Crippen LogP contribution in [0.25, 0.3) is 0 Å². The quantitative estimate of drug-likeness (QED) is 0.537. The van der Waals surface area contributed by atoms with E-state index in [2.05, 4.69) is 20.9 Å². The van der Waals surface area contributed by atoms with Gasteiger partial charge in [-0.2, -0.15) is 0 Å². The van der Waals surface area contributed by atoms with Crippen molar-refractivity contribution in [2.75, 3.05) is 10.7 Å². The van der Waals surface area contributed by atoms with Crippen molar-refractivity contribution in [3.63, 3.8) is 0 Å². The van der Waals surface area contributed by atoms with Gasteiger partial charge in [-0.05, 0) is 19.1 Å². The second-order valence-electron chi connectivity index (χ2n) is 3.36. The van der Waals surface area contributed by atoms with E-state index in [0.717, 1.165) is 0 Å². The second-order valence-corrected chi connectivity index (χ2v) is 3.36. The Morgan fingerprint density at radius 2 is 2.29 bits per heavy atom. The van der Waals surface area contributed by atoms with Gasteiger partial charge in [0.15, 0.2) is 0 Å². The van der Waals surface area contributed by atoms with Crippen LogP contribution in [0, 0.1) is 6.92 Å². The minimum atomic E-state index is -0.322. The lowest BCUT2D eigenvalue weighted by molar-refractivity contribution is 0.102. The molecule has 0 bridgehead atoms. The normalized spacial score (nSPS) is 10.0. The maximum Gasteiger partial charge on any atom is 0.259 e. The highest BCUT2D eigenvalue weighted by Gasteiger charge is 2.09. The molecule has 2 rings (SSSR count). The number of hydrogen-bond acceptors (Lipinski definition) is 6. The summed E-state index contributed by atoms with van der Waals surface area (Å²) in [6.45, 7) is 1.77. The Labute approximate surface area is 97.0 Å². The van der Waals surface area contributed by atoms with Crippen molar-refractivity contribution in [1.82, 2.24) is 10.1 Å². The maximum absolute atomic E-state index is 11.7. The Morgan fingerprint density at radius 1 is 1.47 bits per heavy atom. The van der Waals surface area contributed by atoms with Crippen LogP contribution in [0.4, 0.5) is 11.7 Å². The van der Waals surface area contributed by atoms with E-state index in [4.69, 9.17) is 10.4 Å². The molecule has 0 saturated heterocycles. The molecule has 0 aliphatic heterocycles. The topological polar surface area (TPSA) is 106 Å². The van der Waals surface area contributed by atoms with Crippen LogP contribution in [-0.2, 0) is 0 Å². The van der Waals surface area contributed by atoms with Gasteiger partial charge < -0.3 is 9.95 Å². The molecule has 0 fully saturated rings. The first-order valence-electron chi connectivity index (χ1n) is 4.86. The number of pyridine rings is 1. The molecule has 4 N–H and O–H groups in total. The first kappa shape index (κ1) is 11.1. The summed E-state index contributed by atoms with van der Waals surface area (Å²) >= 11 is 0. The van der Waals surface area contributed by atoms with E-state index >= 15 is 0 Å². The molecule has 7 nitrogen and oxygen atoms in total. The van der Waals surface area contributed by atoms with Gasteiger partial charge in [-0.1, -0.05) is 5.16 Å². The molecule has 2 aromatic heterocycles. The molecule has 2 heterocycles. The lowest BCUT2D eigenvalue weighted by Gasteiger charge is -2.02. The van der Waals surface area contributed by atoms with Gasteiger partial charge in [0.2, 0.25) is 5.88 Å². The van der Waals surface area contributed by atoms with Crippen molar-refractivity contribution in [3.8, 4) is 0 Å². The van der Waals surface area contributed by atoms with Crippen LogP contribution in [0.5, 0.6) is 0 Å². The van der Waals surface area contributed by atoms with Gasteiger partial charge in [0, 0.05) is 12.3 Å². The highest BCUT2D eigenvalue weighted by Crippen LogP contribution is 2.11. The lowest BCUT2D eigenvalue weighted by atomic mass is 10.2. The number of nitrogen functional groups attached to an aromatic ring is 1. The summed E-state index contributed by atoms with van der Waals surface area (Å²) in [5.41, 5.74) is 3.47. The Kier molecular flexibility index (Phi) is 3.01. The fourth-order valence-corrected chi connectivity index (χ4v) is 1.22. The van der Waals surface area contributed by atoms with Crippen LogP contribution < -0.4 is 16.6 Å².